The fourth-order valence-corrected chi connectivity index (χ4v) is 4.21. The number of nitrogens with zero attached hydrogens (tertiary/aromatic N) is 5. The predicted octanol–water partition coefficient (Wildman–Crippen LogP) is 2.91. The third kappa shape index (κ3) is 3.76. The maximum absolute atomic E-state index is 13.8. The van der Waals surface area contributed by atoms with E-state index in [0.717, 1.165) is 0 Å². The number of nitrogen functional groups attached to an aromatic ring is 1. The number of pyridine rings is 1. The number of aromatic nitrogens is 4. The Bertz CT molecular complexity index is 1660. The van der Waals surface area contributed by atoms with Crippen LogP contribution in [0.4, 0.5) is 5.82 Å². The summed E-state index contributed by atoms with van der Waals surface area (Å²) in [5.74, 6) is -0.405. The first-order valence-corrected chi connectivity index (χ1v) is 10.8. The summed E-state index contributed by atoms with van der Waals surface area (Å²) >= 11 is 0. The van der Waals surface area contributed by atoms with Crippen LogP contribution in [0.1, 0.15) is 34.6 Å². The maximum atomic E-state index is 13.8. The fraction of sp³-hybridized carbons (Fsp3) is 0.0800. The molecule has 0 saturated heterocycles. The van der Waals surface area contributed by atoms with Gasteiger partial charge in [0.1, 0.15) is 5.56 Å². The van der Waals surface area contributed by atoms with Gasteiger partial charge >= 0.3 is 0 Å². The molecule has 1 amide bonds. The molecular weight excluding hydrogens is 446 g/mol. The number of anilines is 1. The number of carbonyl (C=O) groups is 1. The predicted molar refractivity (Wildman–Crippen MR) is 132 cm³/mol. The van der Waals surface area contributed by atoms with E-state index in [1.54, 1.807) is 60.3 Å². The van der Waals surface area contributed by atoms with Crippen molar-refractivity contribution in [3.8, 4) is 5.69 Å². The van der Waals surface area contributed by atoms with E-state index in [0.29, 0.717) is 33.4 Å². The standard InChI is InChI=1S/C25H21N7O3/c1-15(29-24(33)21-22(26)30-31-12-6-11-27-23(21)31)19-13-16-7-5-8-17(14-28-35)20(16)25(34)32(19)18-9-3-2-4-10-18/h2-15,35H,1H3,(H2,26,30)(H,29,33). The summed E-state index contributed by atoms with van der Waals surface area (Å²) in [5.41, 5.74) is 7.87. The number of nitrogens with two attached hydrogens (primary N) is 1. The molecule has 174 valence electrons. The van der Waals surface area contributed by atoms with Crippen molar-refractivity contribution in [2.24, 2.45) is 5.16 Å². The van der Waals surface area contributed by atoms with Gasteiger partial charge in [-0.1, -0.05) is 41.6 Å². The molecule has 0 fully saturated rings. The second-order valence-electron chi connectivity index (χ2n) is 7.94. The SMILES string of the molecule is CC(NC(=O)c1c(N)nn2cccnc12)c1cc2cccc(C=NO)c2c(=O)n1-c1ccccc1. The summed E-state index contributed by atoms with van der Waals surface area (Å²) in [6.45, 7) is 1.78. The lowest BCUT2D eigenvalue weighted by Crippen LogP contribution is -2.32. The number of benzene rings is 2. The van der Waals surface area contributed by atoms with Crippen LogP contribution in [0.2, 0.25) is 0 Å². The Labute approximate surface area is 198 Å². The molecule has 0 aliphatic rings. The molecule has 10 nitrogen and oxygen atoms in total. The van der Waals surface area contributed by atoms with Gasteiger partial charge in [-0.25, -0.2) is 9.50 Å². The molecule has 1 unspecified atom stereocenters. The Morgan fingerprint density at radius 2 is 1.97 bits per heavy atom. The van der Waals surface area contributed by atoms with E-state index in [9.17, 15) is 9.59 Å². The summed E-state index contributed by atoms with van der Waals surface area (Å²) in [6, 6.07) is 17.3. The molecule has 5 aromatic rings. The van der Waals surface area contributed by atoms with Gasteiger partial charge in [0.05, 0.1) is 17.6 Å². The first kappa shape index (κ1) is 21.8. The normalized spacial score (nSPS) is 12.4. The van der Waals surface area contributed by atoms with Crippen LogP contribution in [-0.2, 0) is 0 Å². The van der Waals surface area contributed by atoms with Gasteiger partial charge in [0, 0.05) is 29.3 Å². The van der Waals surface area contributed by atoms with Crippen LogP contribution in [0.3, 0.4) is 0 Å². The van der Waals surface area contributed by atoms with Crippen molar-refractivity contribution in [2.75, 3.05) is 5.73 Å². The Kier molecular flexibility index (Phi) is 5.46. The van der Waals surface area contributed by atoms with Crippen LogP contribution in [-0.4, -0.2) is 36.5 Å². The summed E-state index contributed by atoms with van der Waals surface area (Å²) in [4.78, 5) is 31.2. The molecule has 2 aromatic carbocycles. The number of para-hydroxylation sites is 1. The number of nitrogens with one attached hydrogen (secondary N) is 1. The second-order valence-corrected chi connectivity index (χ2v) is 7.94. The monoisotopic (exact) mass is 467 g/mol. The quantitative estimate of drug-likeness (QED) is 0.206. The molecular formula is C25H21N7O3. The van der Waals surface area contributed by atoms with E-state index in [1.165, 1.54) is 10.7 Å². The van der Waals surface area contributed by atoms with Crippen LogP contribution in [0.15, 0.2) is 83.0 Å². The van der Waals surface area contributed by atoms with Crippen LogP contribution >= 0.6 is 0 Å². The zero-order chi connectivity index (χ0) is 24.5. The minimum atomic E-state index is -0.590. The van der Waals surface area contributed by atoms with E-state index in [2.05, 4.69) is 20.6 Å². The Balaban J connectivity index is 1.66. The lowest BCUT2D eigenvalue weighted by atomic mass is 10.0. The average Bonchev–Trinajstić information content (AvgIpc) is 3.20. The van der Waals surface area contributed by atoms with E-state index in [4.69, 9.17) is 10.9 Å². The molecule has 0 bridgehead atoms. The third-order valence-electron chi connectivity index (χ3n) is 5.76. The first-order valence-electron chi connectivity index (χ1n) is 10.8. The van der Waals surface area contributed by atoms with E-state index >= 15 is 0 Å². The summed E-state index contributed by atoms with van der Waals surface area (Å²) in [6.07, 6.45) is 4.44. The highest BCUT2D eigenvalue weighted by Crippen LogP contribution is 2.24. The minimum absolute atomic E-state index is 0.0558. The maximum Gasteiger partial charge on any atom is 0.263 e. The lowest BCUT2D eigenvalue weighted by molar-refractivity contribution is 0.0941. The van der Waals surface area contributed by atoms with Crippen molar-refractivity contribution >= 4 is 34.4 Å². The van der Waals surface area contributed by atoms with E-state index in [1.807, 2.05) is 24.3 Å². The van der Waals surface area contributed by atoms with Gasteiger partial charge in [0.25, 0.3) is 11.5 Å². The van der Waals surface area contributed by atoms with Gasteiger partial charge < -0.3 is 16.3 Å². The van der Waals surface area contributed by atoms with Gasteiger partial charge in [-0.3, -0.25) is 14.2 Å². The van der Waals surface area contributed by atoms with Crippen molar-refractivity contribution in [2.45, 2.75) is 13.0 Å². The van der Waals surface area contributed by atoms with E-state index < -0.39 is 11.9 Å². The van der Waals surface area contributed by atoms with Gasteiger partial charge in [-0.15, -0.1) is 5.10 Å². The van der Waals surface area contributed by atoms with Gasteiger partial charge in [0.15, 0.2) is 11.5 Å². The topological polar surface area (TPSA) is 140 Å². The summed E-state index contributed by atoms with van der Waals surface area (Å²) < 4.78 is 2.98. The summed E-state index contributed by atoms with van der Waals surface area (Å²) in [5, 5.41) is 20.3. The second kappa shape index (κ2) is 8.75. The van der Waals surface area contributed by atoms with Crippen LogP contribution in [0.5, 0.6) is 0 Å². The molecule has 0 saturated carbocycles. The lowest BCUT2D eigenvalue weighted by Gasteiger charge is -2.21. The largest absolute Gasteiger partial charge is 0.411 e. The number of amides is 1. The molecule has 0 aliphatic carbocycles. The number of rotatable bonds is 5. The Morgan fingerprint density at radius 3 is 2.74 bits per heavy atom. The molecule has 0 radical (unpaired) electrons. The zero-order valence-corrected chi connectivity index (χ0v) is 18.7. The van der Waals surface area contributed by atoms with E-state index in [-0.39, 0.29) is 16.9 Å². The van der Waals surface area contributed by atoms with Crippen molar-refractivity contribution in [3.05, 3.63) is 100 Å². The van der Waals surface area contributed by atoms with Gasteiger partial charge in [-0.05, 0) is 36.6 Å². The molecule has 4 N–H and O–H groups in total. The molecule has 1 atom stereocenters. The average molecular weight is 467 g/mol. The van der Waals surface area contributed by atoms with Crippen LogP contribution in [0.25, 0.3) is 22.1 Å². The summed E-state index contributed by atoms with van der Waals surface area (Å²) in [7, 11) is 0. The molecule has 0 spiro atoms. The van der Waals surface area contributed by atoms with Gasteiger partial charge in [0.2, 0.25) is 0 Å². The number of oxime groups is 1. The van der Waals surface area contributed by atoms with Crippen molar-refractivity contribution in [1.29, 1.82) is 0 Å². The van der Waals surface area contributed by atoms with Crippen LogP contribution in [0, 0.1) is 0 Å². The first-order chi connectivity index (χ1) is 17.0. The number of carbonyl (C=O) groups excluding carboxylic acids is 1. The molecule has 10 heteroatoms. The van der Waals surface area contributed by atoms with Crippen molar-refractivity contribution in [1.82, 2.24) is 24.5 Å². The Hall–Kier alpha value is -4.99. The smallest absolute Gasteiger partial charge is 0.263 e. The van der Waals surface area contributed by atoms with Crippen LogP contribution < -0.4 is 16.6 Å². The molecule has 0 aliphatic heterocycles. The number of hydrogen-bond acceptors (Lipinski definition) is 7. The molecule has 3 heterocycles. The Morgan fingerprint density at radius 1 is 1.17 bits per heavy atom. The van der Waals surface area contributed by atoms with Gasteiger partial charge in [-0.2, -0.15) is 0 Å². The highest BCUT2D eigenvalue weighted by Gasteiger charge is 2.23. The molecule has 3 aromatic heterocycles. The molecule has 35 heavy (non-hydrogen) atoms. The highest BCUT2D eigenvalue weighted by atomic mass is 16.4. The minimum Gasteiger partial charge on any atom is -0.411 e. The number of fused-ring (bicyclic) bond motifs is 2. The molecule has 5 rings (SSSR count). The highest BCUT2D eigenvalue weighted by molar-refractivity contribution is 6.04. The van der Waals surface area contributed by atoms with Crippen molar-refractivity contribution in [3.63, 3.8) is 0 Å². The zero-order valence-electron chi connectivity index (χ0n) is 18.7. The third-order valence-corrected chi connectivity index (χ3v) is 5.76. The fourth-order valence-electron chi connectivity index (χ4n) is 4.21. The van der Waals surface area contributed by atoms with Crippen molar-refractivity contribution < 1.29 is 10.0 Å². The number of hydrogen-bond donors (Lipinski definition) is 3.